The van der Waals surface area contributed by atoms with Crippen LogP contribution < -0.4 is 10.6 Å². The van der Waals surface area contributed by atoms with E-state index in [0.29, 0.717) is 10.7 Å². The Morgan fingerprint density at radius 2 is 1.80 bits per heavy atom. The second-order valence-corrected chi connectivity index (χ2v) is 8.90. The first kappa shape index (κ1) is 23.8. The number of aryl methyl sites for hydroxylation is 1. The van der Waals surface area contributed by atoms with E-state index in [9.17, 15) is 19.7 Å². The number of nitrogens with zero attached hydrogens (tertiary/aromatic N) is 2. The van der Waals surface area contributed by atoms with Gasteiger partial charge in [0.25, 0.3) is 5.69 Å². The molecule has 0 aliphatic carbocycles. The molecule has 0 saturated heterocycles. The number of fused-ring (bicyclic) bond motifs is 1. The number of hydrogen-bond acceptors (Lipinski definition) is 7. The third-order valence-electron chi connectivity index (χ3n) is 5.18. The molecule has 0 aliphatic rings. The quantitative estimate of drug-likeness (QED) is 0.265. The minimum absolute atomic E-state index is 0.0514. The summed E-state index contributed by atoms with van der Waals surface area (Å²) in [5.41, 5.74) is 3.23. The van der Waals surface area contributed by atoms with Crippen LogP contribution in [0.15, 0.2) is 72.8 Å². The van der Waals surface area contributed by atoms with Crippen LogP contribution in [0.3, 0.4) is 0 Å². The van der Waals surface area contributed by atoms with E-state index in [1.807, 2.05) is 55.5 Å². The maximum Gasteiger partial charge on any atom is 0.408 e. The fraction of sp³-hybridized carbons (Fsp3) is 0.160. The molecule has 178 valence electrons. The van der Waals surface area contributed by atoms with Crippen LogP contribution in [0.5, 0.6) is 0 Å². The number of carbonyl (C=O) groups excluding carboxylic acids is 2. The lowest BCUT2D eigenvalue weighted by molar-refractivity contribution is -0.384. The number of amides is 2. The summed E-state index contributed by atoms with van der Waals surface area (Å²) in [6, 6.07) is 19.8. The molecule has 1 unspecified atom stereocenters. The molecule has 4 aromatic rings. The fourth-order valence-corrected chi connectivity index (χ4v) is 4.35. The van der Waals surface area contributed by atoms with Crippen molar-refractivity contribution >= 4 is 44.4 Å². The Labute approximate surface area is 204 Å². The van der Waals surface area contributed by atoms with E-state index in [1.54, 1.807) is 12.1 Å². The fourth-order valence-electron chi connectivity index (χ4n) is 3.38. The standard InChI is InChI=1S/C25H22N4O5S/c1-16-7-12-20-22(13-16)35-24(26-20)28-23(30)21(14-17-8-10-19(11-9-17)29(32)33)27-25(31)34-15-18-5-3-2-4-6-18/h2-13,21H,14-15H2,1H3,(H,27,31)(H,26,28,30). The Morgan fingerprint density at radius 3 is 2.51 bits per heavy atom. The molecule has 2 N–H and O–H groups in total. The van der Waals surface area contributed by atoms with Gasteiger partial charge in [0, 0.05) is 18.6 Å². The van der Waals surface area contributed by atoms with Crippen LogP contribution in [0, 0.1) is 17.0 Å². The normalized spacial score (nSPS) is 11.6. The van der Waals surface area contributed by atoms with Crippen molar-refractivity contribution in [1.82, 2.24) is 10.3 Å². The molecule has 2 amide bonds. The second-order valence-electron chi connectivity index (χ2n) is 7.87. The van der Waals surface area contributed by atoms with Crippen molar-refractivity contribution in [3.8, 4) is 0 Å². The van der Waals surface area contributed by atoms with Gasteiger partial charge in [0.15, 0.2) is 5.13 Å². The number of benzene rings is 3. The van der Waals surface area contributed by atoms with Crippen LogP contribution in [-0.4, -0.2) is 27.9 Å². The monoisotopic (exact) mass is 490 g/mol. The number of nitro benzene ring substituents is 1. The number of carbonyl (C=O) groups is 2. The van der Waals surface area contributed by atoms with Gasteiger partial charge >= 0.3 is 6.09 Å². The molecule has 0 radical (unpaired) electrons. The summed E-state index contributed by atoms with van der Waals surface area (Å²) in [6.45, 7) is 2.03. The van der Waals surface area contributed by atoms with Crippen molar-refractivity contribution in [2.45, 2.75) is 26.0 Å². The molecule has 3 aromatic carbocycles. The van der Waals surface area contributed by atoms with Crippen LogP contribution >= 0.6 is 11.3 Å². The highest BCUT2D eigenvalue weighted by molar-refractivity contribution is 7.22. The van der Waals surface area contributed by atoms with E-state index in [2.05, 4.69) is 15.6 Å². The Kier molecular flexibility index (Phi) is 7.32. The zero-order chi connectivity index (χ0) is 24.8. The van der Waals surface area contributed by atoms with E-state index >= 15 is 0 Å². The van der Waals surface area contributed by atoms with Gasteiger partial charge in [0.1, 0.15) is 12.6 Å². The maximum absolute atomic E-state index is 13.1. The average Bonchev–Trinajstić information content (AvgIpc) is 3.24. The van der Waals surface area contributed by atoms with E-state index in [-0.39, 0.29) is 18.7 Å². The molecule has 1 aromatic heterocycles. The molecule has 9 nitrogen and oxygen atoms in total. The molecule has 4 rings (SSSR count). The van der Waals surface area contributed by atoms with Crippen molar-refractivity contribution in [2.75, 3.05) is 5.32 Å². The zero-order valence-electron chi connectivity index (χ0n) is 18.8. The average molecular weight is 491 g/mol. The highest BCUT2D eigenvalue weighted by atomic mass is 32.1. The molecule has 0 aliphatic heterocycles. The van der Waals surface area contributed by atoms with Gasteiger partial charge in [-0.2, -0.15) is 0 Å². The molecule has 1 atom stereocenters. The Balaban J connectivity index is 1.48. The summed E-state index contributed by atoms with van der Waals surface area (Å²) < 4.78 is 6.21. The second kappa shape index (κ2) is 10.7. The lowest BCUT2D eigenvalue weighted by atomic mass is 10.0. The van der Waals surface area contributed by atoms with Crippen molar-refractivity contribution in [1.29, 1.82) is 0 Å². The molecule has 1 heterocycles. The van der Waals surface area contributed by atoms with Crippen molar-refractivity contribution in [2.24, 2.45) is 0 Å². The number of non-ortho nitro benzene ring substituents is 1. The lowest BCUT2D eigenvalue weighted by Crippen LogP contribution is -2.45. The van der Waals surface area contributed by atoms with Gasteiger partial charge in [0.05, 0.1) is 15.1 Å². The molecular weight excluding hydrogens is 468 g/mol. The van der Waals surface area contributed by atoms with E-state index in [1.165, 1.54) is 23.5 Å². The van der Waals surface area contributed by atoms with Crippen LogP contribution in [0.2, 0.25) is 0 Å². The van der Waals surface area contributed by atoms with Crippen LogP contribution in [0.25, 0.3) is 10.2 Å². The number of rotatable bonds is 8. The van der Waals surface area contributed by atoms with Gasteiger partial charge in [-0.3, -0.25) is 14.9 Å². The first-order chi connectivity index (χ1) is 16.9. The van der Waals surface area contributed by atoms with Crippen LogP contribution in [-0.2, 0) is 22.6 Å². The number of nitro groups is 1. The number of aromatic nitrogens is 1. The van der Waals surface area contributed by atoms with Crippen molar-refractivity contribution < 1.29 is 19.2 Å². The maximum atomic E-state index is 13.1. The number of ether oxygens (including phenoxy) is 1. The Bertz CT molecular complexity index is 1360. The zero-order valence-corrected chi connectivity index (χ0v) is 19.6. The minimum Gasteiger partial charge on any atom is -0.445 e. The molecular formula is C25H22N4O5S. The van der Waals surface area contributed by atoms with E-state index in [0.717, 1.165) is 21.3 Å². The minimum atomic E-state index is -0.992. The first-order valence-electron chi connectivity index (χ1n) is 10.8. The summed E-state index contributed by atoms with van der Waals surface area (Å²) in [4.78, 5) is 40.5. The predicted molar refractivity (Wildman–Crippen MR) is 133 cm³/mol. The molecule has 0 bridgehead atoms. The van der Waals surface area contributed by atoms with Crippen LogP contribution in [0.1, 0.15) is 16.7 Å². The summed E-state index contributed by atoms with van der Waals surface area (Å²) >= 11 is 1.33. The van der Waals surface area contributed by atoms with Crippen molar-refractivity contribution in [3.63, 3.8) is 0 Å². The molecule has 0 saturated carbocycles. The topological polar surface area (TPSA) is 123 Å². The van der Waals surface area contributed by atoms with Gasteiger partial charge in [0.2, 0.25) is 5.91 Å². The van der Waals surface area contributed by atoms with E-state index in [4.69, 9.17) is 4.74 Å². The first-order valence-corrected chi connectivity index (χ1v) is 11.6. The van der Waals surface area contributed by atoms with Crippen molar-refractivity contribution in [3.05, 3.63) is 99.6 Å². The Morgan fingerprint density at radius 1 is 1.06 bits per heavy atom. The molecule has 0 fully saturated rings. The van der Waals surface area contributed by atoms with Gasteiger partial charge in [-0.05, 0) is 35.7 Å². The number of thiazole rings is 1. The number of anilines is 1. The summed E-state index contributed by atoms with van der Waals surface area (Å²) in [5, 5.41) is 16.7. The summed E-state index contributed by atoms with van der Waals surface area (Å²) in [7, 11) is 0. The van der Waals surface area contributed by atoms with Gasteiger partial charge in [-0.25, -0.2) is 9.78 Å². The van der Waals surface area contributed by atoms with Gasteiger partial charge in [-0.15, -0.1) is 0 Å². The highest BCUT2D eigenvalue weighted by Crippen LogP contribution is 2.27. The third-order valence-corrected chi connectivity index (χ3v) is 6.12. The summed E-state index contributed by atoms with van der Waals surface area (Å²) in [6.07, 6.45) is -0.648. The summed E-state index contributed by atoms with van der Waals surface area (Å²) in [5.74, 6) is -0.476. The molecule has 0 spiro atoms. The number of hydrogen-bond donors (Lipinski definition) is 2. The molecule has 10 heteroatoms. The van der Waals surface area contributed by atoms with Gasteiger partial charge < -0.3 is 15.4 Å². The predicted octanol–water partition coefficient (Wildman–Crippen LogP) is 4.99. The smallest absolute Gasteiger partial charge is 0.408 e. The Hall–Kier alpha value is -4.31. The number of nitrogens with one attached hydrogen (secondary N) is 2. The highest BCUT2D eigenvalue weighted by Gasteiger charge is 2.24. The van der Waals surface area contributed by atoms with Gasteiger partial charge in [-0.1, -0.05) is 59.9 Å². The molecule has 35 heavy (non-hydrogen) atoms. The largest absolute Gasteiger partial charge is 0.445 e. The third kappa shape index (κ3) is 6.39. The van der Waals surface area contributed by atoms with E-state index < -0.39 is 23.0 Å². The SMILES string of the molecule is Cc1ccc2nc(NC(=O)C(Cc3ccc([N+](=O)[O-])cc3)NC(=O)OCc3ccccc3)sc2c1. The lowest BCUT2D eigenvalue weighted by Gasteiger charge is -2.18. The number of alkyl carbamates (subject to hydrolysis) is 1. The van der Waals surface area contributed by atoms with Crippen LogP contribution in [0.4, 0.5) is 15.6 Å².